The molecule has 0 radical (unpaired) electrons. The van der Waals surface area contributed by atoms with Crippen LogP contribution >= 0.6 is 11.8 Å². The Balaban J connectivity index is 1.37. The van der Waals surface area contributed by atoms with Gasteiger partial charge in [0.05, 0.1) is 5.75 Å². The van der Waals surface area contributed by atoms with Crippen LogP contribution in [-0.4, -0.2) is 32.5 Å². The first kappa shape index (κ1) is 14.8. The molecular formula is C17H20N4OS. The number of hydrogen-bond donors (Lipinski definition) is 1. The Kier molecular flexibility index (Phi) is 3.85. The molecule has 2 aromatic rings. The van der Waals surface area contributed by atoms with E-state index in [-0.39, 0.29) is 5.91 Å². The zero-order chi connectivity index (χ0) is 15.8. The molecule has 0 aliphatic heterocycles. The molecule has 0 saturated heterocycles. The number of thioether (sulfide) groups is 1. The van der Waals surface area contributed by atoms with Crippen molar-refractivity contribution in [2.45, 2.75) is 42.3 Å². The predicted molar refractivity (Wildman–Crippen MR) is 89.4 cm³/mol. The van der Waals surface area contributed by atoms with E-state index in [0.29, 0.717) is 23.6 Å². The third-order valence-corrected chi connectivity index (χ3v) is 5.51. The highest BCUT2D eigenvalue weighted by Crippen LogP contribution is 2.54. The van der Waals surface area contributed by atoms with Crippen LogP contribution < -0.4 is 5.32 Å². The van der Waals surface area contributed by atoms with Gasteiger partial charge in [0.15, 0.2) is 5.16 Å². The molecule has 1 aromatic carbocycles. The lowest BCUT2D eigenvalue weighted by Crippen LogP contribution is -2.27. The van der Waals surface area contributed by atoms with Gasteiger partial charge in [-0.2, -0.15) is 0 Å². The van der Waals surface area contributed by atoms with Crippen molar-refractivity contribution in [1.82, 2.24) is 20.1 Å². The maximum atomic E-state index is 11.8. The topological polar surface area (TPSA) is 59.8 Å². The van der Waals surface area contributed by atoms with Crippen molar-refractivity contribution < 1.29 is 4.79 Å². The summed E-state index contributed by atoms with van der Waals surface area (Å²) in [5, 5.41) is 12.5. The first-order valence-electron chi connectivity index (χ1n) is 8.09. The molecule has 0 bridgehead atoms. The van der Waals surface area contributed by atoms with Crippen LogP contribution in [0.3, 0.4) is 0 Å². The summed E-state index contributed by atoms with van der Waals surface area (Å²) in [7, 11) is 2.00. The molecule has 2 atom stereocenters. The van der Waals surface area contributed by atoms with E-state index >= 15 is 0 Å². The minimum absolute atomic E-state index is 0.0932. The Morgan fingerprint density at radius 3 is 2.78 bits per heavy atom. The second kappa shape index (κ2) is 6.00. The van der Waals surface area contributed by atoms with Crippen molar-refractivity contribution in [3.8, 4) is 0 Å². The number of aromatic nitrogens is 3. The summed E-state index contributed by atoms with van der Waals surface area (Å²) in [4.78, 5) is 11.8. The maximum Gasteiger partial charge on any atom is 0.230 e. The number of benzene rings is 1. The molecule has 2 fully saturated rings. The van der Waals surface area contributed by atoms with Crippen molar-refractivity contribution >= 4 is 17.7 Å². The van der Waals surface area contributed by atoms with Crippen molar-refractivity contribution in [3.63, 3.8) is 0 Å². The molecule has 2 aliphatic rings. The van der Waals surface area contributed by atoms with Crippen molar-refractivity contribution in [2.75, 3.05) is 5.75 Å². The number of amides is 1. The molecule has 1 aromatic heterocycles. The van der Waals surface area contributed by atoms with Crippen LogP contribution in [0.1, 0.15) is 42.5 Å². The highest BCUT2D eigenvalue weighted by Gasteiger charge is 2.42. The van der Waals surface area contributed by atoms with Crippen molar-refractivity contribution in [3.05, 3.63) is 41.7 Å². The average Bonchev–Trinajstić information content (AvgIpc) is 3.47. The highest BCUT2D eigenvalue weighted by molar-refractivity contribution is 7.99. The molecule has 2 unspecified atom stereocenters. The summed E-state index contributed by atoms with van der Waals surface area (Å²) in [5.74, 6) is 2.54. The average molecular weight is 328 g/mol. The molecule has 1 N–H and O–H groups in total. The van der Waals surface area contributed by atoms with E-state index in [1.54, 1.807) is 0 Å². The molecule has 5 nitrogen and oxygen atoms in total. The van der Waals surface area contributed by atoms with Gasteiger partial charge in [0, 0.05) is 19.0 Å². The van der Waals surface area contributed by atoms with Crippen molar-refractivity contribution in [1.29, 1.82) is 0 Å². The molecule has 0 spiro atoms. The fourth-order valence-corrected chi connectivity index (χ4v) is 3.68. The summed E-state index contributed by atoms with van der Waals surface area (Å²) in [5.41, 5.74) is 1.37. The van der Waals surface area contributed by atoms with Gasteiger partial charge in [0.25, 0.3) is 0 Å². The van der Waals surface area contributed by atoms with Crippen LogP contribution in [0.25, 0.3) is 0 Å². The first-order valence-corrected chi connectivity index (χ1v) is 9.07. The number of nitrogens with zero attached hydrogens (tertiary/aromatic N) is 3. The normalized spacial score (nSPS) is 22.8. The number of hydrogen-bond acceptors (Lipinski definition) is 4. The molecule has 23 heavy (non-hydrogen) atoms. The lowest BCUT2D eigenvalue weighted by atomic mass is 10.1. The van der Waals surface area contributed by atoms with Crippen LogP contribution in [0.4, 0.5) is 0 Å². The minimum Gasteiger partial charge on any atom is -0.353 e. The fraction of sp³-hybridized carbons (Fsp3) is 0.471. The van der Waals surface area contributed by atoms with Gasteiger partial charge in [-0.25, -0.2) is 0 Å². The van der Waals surface area contributed by atoms with E-state index in [4.69, 9.17) is 0 Å². The minimum atomic E-state index is 0.0932. The standard InChI is InChI=1S/C17H20N4OS/c1-21-16(14-9-13(14)11-5-3-2-4-6-11)19-20-17(21)23-10-15(22)18-12-7-8-12/h2-6,12-14H,7-10H2,1H3,(H,18,22). The van der Waals surface area contributed by atoms with Gasteiger partial charge in [-0.1, -0.05) is 42.1 Å². The Morgan fingerprint density at radius 2 is 2.04 bits per heavy atom. The van der Waals surface area contributed by atoms with Crippen LogP contribution in [-0.2, 0) is 11.8 Å². The smallest absolute Gasteiger partial charge is 0.230 e. The van der Waals surface area contributed by atoms with Gasteiger partial charge in [-0.05, 0) is 30.7 Å². The molecule has 6 heteroatoms. The lowest BCUT2D eigenvalue weighted by Gasteiger charge is -2.04. The number of carbonyl (C=O) groups excluding carboxylic acids is 1. The molecule has 1 amide bonds. The molecule has 120 valence electrons. The molecular weight excluding hydrogens is 308 g/mol. The molecule has 2 saturated carbocycles. The van der Waals surface area contributed by atoms with E-state index in [9.17, 15) is 4.79 Å². The number of carbonyl (C=O) groups is 1. The van der Waals surface area contributed by atoms with E-state index in [1.165, 1.54) is 17.3 Å². The molecule has 2 aliphatic carbocycles. The summed E-state index contributed by atoms with van der Waals surface area (Å²) in [6.45, 7) is 0. The van der Waals surface area contributed by atoms with E-state index in [2.05, 4.69) is 39.8 Å². The summed E-state index contributed by atoms with van der Waals surface area (Å²) in [6, 6.07) is 11.0. The molecule has 4 rings (SSSR count). The highest BCUT2D eigenvalue weighted by atomic mass is 32.2. The van der Waals surface area contributed by atoms with Gasteiger partial charge in [0.2, 0.25) is 5.91 Å². The zero-order valence-corrected chi connectivity index (χ0v) is 13.9. The number of nitrogens with one attached hydrogen (secondary N) is 1. The van der Waals surface area contributed by atoms with Crippen LogP contribution in [0.5, 0.6) is 0 Å². The second-order valence-electron chi connectivity index (χ2n) is 6.39. The number of rotatable bonds is 6. The summed E-state index contributed by atoms with van der Waals surface area (Å²) < 4.78 is 2.04. The predicted octanol–water partition coefficient (Wildman–Crippen LogP) is 2.46. The van der Waals surface area contributed by atoms with Gasteiger partial charge >= 0.3 is 0 Å². The zero-order valence-electron chi connectivity index (χ0n) is 13.1. The van der Waals surface area contributed by atoms with Crippen molar-refractivity contribution in [2.24, 2.45) is 7.05 Å². The van der Waals surface area contributed by atoms with E-state index < -0.39 is 0 Å². The van der Waals surface area contributed by atoms with Gasteiger partial charge < -0.3 is 9.88 Å². The largest absolute Gasteiger partial charge is 0.353 e. The van der Waals surface area contributed by atoms with Crippen LogP contribution in [0.2, 0.25) is 0 Å². The lowest BCUT2D eigenvalue weighted by molar-refractivity contribution is -0.118. The second-order valence-corrected chi connectivity index (χ2v) is 7.33. The SMILES string of the molecule is Cn1c(SCC(=O)NC2CC2)nnc1C1CC1c1ccccc1. The Labute approximate surface area is 139 Å². The van der Waals surface area contributed by atoms with Crippen LogP contribution in [0, 0.1) is 0 Å². The first-order chi connectivity index (χ1) is 11.2. The monoisotopic (exact) mass is 328 g/mol. The quantitative estimate of drug-likeness (QED) is 0.828. The van der Waals surface area contributed by atoms with Crippen LogP contribution in [0.15, 0.2) is 35.5 Å². The van der Waals surface area contributed by atoms with E-state index in [1.807, 2.05) is 17.7 Å². The molecule has 1 heterocycles. The Morgan fingerprint density at radius 1 is 1.26 bits per heavy atom. The maximum absolute atomic E-state index is 11.8. The van der Waals surface area contributed by atoms with Gasteiger partial charge in [-0.15, -0.1) is 10.2 Å². The fourth-order valence-electron chi connectivity index (χ4n) is 2.95. The Hall–Kier alpha value is -1.82. The van der Waals surface area contributed by atoms with E-state index in [0.717, 1.165) is 30.2 Å². The third-order valence-electron chi connectivity index (χ3n) is 4.49. The Bertz CT molecular complexity index is 711. The summed E-state index contributed by atoms with van der Waals surface area (Å²) >= 11 is 1.47. The third kappa shape index (κ3) is 3.27. The van der Waals surface area contributed by atoms with Gasteiger partial charge in [0.1, 0.15) is 5.82 Å². The van der Waals surface area contributed by atoms with Gasteiger partial charge in [-0.3, -0.25) is 4.79 Å². The summed E-state index contributed by atoms with van der Waals surface area (Å²) in [6.07, 6.45) is 3.36.